The van der Waals surface area contributed by atoms with Crippen molar-refractivity contribution in [3.8, 4) is 5.75 Å². The zero-order chi connectivity index (χ0) is 14.4. The third-order valence-electron chi connectivity index (χ3n) is 3.75. The first-order chi connectivity index (χ1) is 9.70. The van der Waals surface area contributed by atoms with Gasteiger partial charge >= 0.3 is 0 Å². The van der Waals surface area contributed by atoms with Gasteiger partial charge < -0.3 is 20.1 Å². The van der Waals surface area contributed by atoms with Crippen molar-refractivity contribution in [2.75, 3.05) is 38.3 Å². The van der Waals surface area contributed by atoms with E-state index in [4.69, 9.17) is 15.2 Å². The summed E-state index contributed by atoms with van der Waals surface area (Å²) in [5.74, 6) is 0.974. The standard InChI is InChI=1S/C16H26N2O2/c1-13-4-5-16(20-11-3-10-19-2)15(12-13)18-8-6-14(17)7-9-18/h4-5,12,14H,3,6-11,17H2,1-2H3. The van der Waals surface area contributed by atoms with Crippen LogP contribution in [0.4, 0.5) is 5.69 Å². The fourth-order valence-corrected chi connectivity index (χ4v) is 2.52. The van der Waals surface area contributed by atoms with Crippen LogP contribution in [0.1, 0.15) is 24.8 Å². The molecule has 1 aromatic carbocycles. The van der Waals surface area contributed by atoms with Gasteiger partial charge in [0.1, 0.15) is 5.75 Å². The van der Waals surface area contributed by atoms with E-state index >= 15 is 0 Å². The van der Waals surface area contributed by atoms with E-state index in [-0.39, 0.29) is 0 Å². The SMILES string of the molecule is COCCCOc1ccc(C)cc1N1CCC(N)CC1. The van der Waals surface area contributed by atoms with Crippen molar-refractivity contribution in [1.29, 1.82) is 0 Å². The van der Waals surface area contributed by atoms with Crippen molar-refractivity contribution in [1.82, 2.24) is 0 Å². The average molecular weight is 278 g/mol. The van der Waals surface area contributed by atoms with Gasteiger partial charge in [-0.15, -0.1) is 0 Å². The van der Waals surface area contributed by atoms with E-state index in [0.29, 0.717) is 12.6 Å². The Labute approximate surface area is 121 Å². The summed E-state index contributed by atoms with van der Waals surface area (Å²) in [7, 11) is 1.72. The van der Waals surface area contributed by atoms with Gasteiger partial charge in [-0.2, -0.15) is 0 Å². The number of hydrogen-bond acceptors (Lipinski definition) is 4. The molecule has 1 aliphatic rings. The Kier molecular flexibility index (Phi) is 5.68. The maximum absolute atomic E-state index is 5.98. The molecule has 1 heterocycles. The Morgan fingerprint density at radius 1 is 1.25 bits per heavy atom. The molecule has 0 amide bonds. The summed E-state index contributed by atoms with van der Waals surface area (Å²) in [6.45, 7) is 5.57. The van der Waals surface area contributed by atoms with Crippen LogP contribution in [-0.4, -0.2) is 39.5 Å². The first-order valence-corrected chi connectivity index (χ1v) is 7.43. The first-order valence-electron chi connectivity index (χ1n) is 7.43. The normalized spacial score (nSPS) is 16.4. The second kappa shape index (κ2) is 7.50. The summed E-state index contributed by atoms with van der Waals surface area (Å²) in [5.41, 5.74) is 8.45. The van der Waals surface area contributed by atoms with Crippen molar-refractivity contribution in [2.24, 2.45) is 5.73 Å². The van der Waals surface area contributed by atoms with Gasteiger partial charge in [-0.3, -0.25) is 0 Å². The molecule has 0 bridgehead atoms. The lowest BCUT2D eigenvalue weighted by Gasteiger charge is -2.33. The van der Waals surface area contributed by atoms with Crippen LogP contribution in [0, 0.1) is 6.92 Å². The average Bonchev–Trinajstić information content (AvgIpc) is 2.46. The summed E-state index contributed by atoms with van der Waals surface area (Å²) in [4.78, 5) is 2.39. The topological polar surface area (TPSA) is 47.7 Å². The second-order valence-corrected chi connectivity index (χ2v) is 5.49. The Morgan fingerprint density at radius 2 is 2.00 bits per heavy atom. The van der Waals surface area contributed by atoms with E-state index in [9.17, 15) is 0 Å². The van der Waals surface area contributed by atoms with Crippen molar-refractivity contribution in [3.05, 3.63) is 23.8 Å². The van der Waals surface area contributed by atoms with Gasteiger partial charge in [0, 0.05) is 39.3 Å². The van der Waals surface area contributed by atoms with Crippen molar-refractivity contribution >= 4 is 5.69 Å². The van der Waals surface area contributed by atoms with Crippen LogP contribution in [-0.2, 0) is 4.74 Å². The minimum atomic E-state index is 0.349. The smallest absolute Gasteiger partial charge is 0.142 e. The quantitative estimate of drug-likeness (QED) is 0.811. The molecule has 1 aromatic rings. The summed E-state index contributed by atoms with van der Waals surface area (Å²) in [5, 5.41) is 0. The highest BCUT2D eigenvalue weighted by Gasteiger charge is 2.19. The van der Waals surface area contributed by atoms with Crippen LogP contribution >= 0.6 is 0 Å². The van der Waals surface area contributed by atoms with Crippen LogP contribution < -0.4 is 15.4 Å². The predicted molar refractivity (Wildman–Crippen MR) is 82.6 cm³/mol. The molecule has 20 heavy (non-hydrogen) atoms. The van der Waals surface area contributed by atoms with Gasteiger partial charge in [-0.1, -0.05) is 6.07 Å². The number of anilines is 1. The fourth-order valence-electron chi connectivity index (χ4n) is 2.52. The molecular formula is C16H26N2O2. The van der Waals surface area contributed by atoms with Gasteiger partial charge in [0.25, 0.3) is 0 Å². The lowest BCUT2D eigenvalue weighted by Crippen LogP contribution is -2.39. The summed E-state index contributed by atoms with van der Waals surface area (Å²) in [6, 6.07) is 6.74. The molecule has 1 aliphatic heterocycles. The van der Waals surface area contributed by atoms with E-state index in [0.717, 1.165) is 44.7 Å². The second-order valence-electron chi connectivity index (χ2n) is 5.49. The van der Waals surface area contributed by atoms with Crippen LogP contribution in [0.2, 0.25) is 0 Å². The minimum Gasteiger partial charge on any atom is -0.491 e. The van der Waals surface area contributed by atoms with Gasteiger partial charge in [0.05, 0.1) is 12.3 Å². The van der Waals surface area contributed by atoms with Crippen LogP contribution in [0.25, 0.3) is 0 Å². The monoisotopic (exact) mass is 278 g/mol. The third-order valence-corrected chi connectivity index (χ3v) is 3.75. The number of nitrogens with zero attached hydrogens (tertiary/aromatic N) is 1. The maximum Gasteiger partial charge on any atom is 0.142 e. The Balaban J connectivity index is 2.03. The van der Waals surface area contributed by atoms with Crippen LogP contribution in [0.15, 0.2) is 18.2 Å². The van der Waals surface area contributed by atoms with Gasteiger partial charge in [-0.25, -0.2) is 0 Å². The first kappa shape index (κ1) is 15.1. The van der Waals surface area contributed by atoms with E-state index in [1.807, 2.05) is 0 Å². The van der Waals surface area contributed by atoms with Gasteiger partial charge in [0.2, 0.25) is 0 Å². The summed E-state index contributed by atoms with van der Waals surface area (Å²) in [6.07, 6.45) is 3.02. The number of rotatable bonds is 6. The fraction of sp³-hybridized carbons (Fsp3) is 0.625. The van der Waals surface area contributed by atoms with Crippen molar-refractivity contribution < 1.29 is 9.47 Å². The molecule has 2 rings (SSSR count). The Morgan fingerprint density at radius 3 is 2.70 bits per heavy atom. The lowest BCUT2D eigenvalue weighted by atomic mass is 10.0. The Hall–Kier alpha value is -1.26. The third kappa shape index (κ3) is 4.12. The molecule has 0 aromatic heterocycles. The zero-order valence-corrected chi connectivity index (χ0v) is 12.6. The molecule has 0 radical (unpaired) electrons. The molecule has 4 nitrogen and oxygen atoms in total. The molecule has 1 saturated heterocycles. The van der Waals surface area contributed by atoms with Crippen molar-refractivity contribution in [3.63, 3.8) is 0 Å². The molecule has 4 heteroatoms. The maximum atomic E-state index is 5.98. The number of aryl methyl sites for hydroxylation is 1. The number of nitrogens with two attached hydrogens (primary N) is 1. The highest BCUT2D eigenvalue weighted by atomic mass is 16.5. The van der Waals surface area contributed by atoms with Crippen LogP contribution in [0.3, 0.4) is 0 Å². The number of hydrogen-bond donors (Lipinski definition) is 1. The molecule has 112 valence electrons. The molecular weight excluding hydrogens is 252 g/mol. The molecule has 0 unspecified atom stereocenters. The number of methoxy groups -OCH3 is 1. The van der Waals surface area contributed by atoms with E-state index in [1.165, 1.54) is 11.3 Å². The lowest BCUT2D eigenvalue weighted by molar-refractivity contribution is 0.172. The summed E-state index contributed by atoms with van der Waals surface area (Å²) >= 11 is 0. The predicted octanol–water partition coefficient (Wildman–Crippen LogP) is 2.34. The Bertz CT molecular complexity index is 415. The highest BCUT2D eigenvalue weighted by molar-refractivity contribution is 5.60. The zero-order valence-electron chi connectivity index (χ0n) is 12.6. The minimum absolute atomic E-state index is 0.349. The summed E-state index contributed by atoms with van der Waals surface area (Å²) < 4.78 is 11.0. The van der Waals surface area contributed by atoms with Crippen molar-refractivity contribution in [2.45, 2.75) is 32.2 Å². The van der Waals surface area contributed by atoms with E-state index in [2.05, 4.69) is 30.0 Å². The number of ether oxygens (including phenoxy) is 2. The van der Waals surface area contributed by atoms with E-state index < -0.39 is 0 Å². The molecule has 0 atom stereocenters. The van der Waals surface area contributed by atoms with Gasteiger partial charge in [0.15, 0.2) is 0 Å². The largest absolute Gasteiger partial charge is 0.491 e. The van der Waals surface area contributed by atoms with Crippen LogP contribution in [0.5, 0.6) is 5.75 Å². The number of benzene rings is 1. The number of piperidine rings is 1. The highest BCUT2D eigenvalue weighted by Crippen LogP contribution is 2.31. The molecule has 0 saturated carbocycles. The molecule has 1 fully saturated rings. The molecule has 0 aliphatic carbocycles. The molecule has 2 N–H and O–H groups in total. The van der Waals surface area contributed by atoms with E-state index in [1.54, 1.807) is 7.11 Å². The molecule has 0 spiro atoms. The van der Waals surface area contributed by atoms with Gasteiger partial charge in [-0.05, 0) is 37.5 Å².